The lowest BCUT2D eigenvalue weighted by molar-refractivity contribution is -0.120. The lowest BCUT2D eigenvalue weighted by atomic mass is 10.1. The van der Waals surface area contributed by atoms with Gasteiger partial charge < -0.3 is 5.32 Å². The first kappa shape index (κ1) is 16.0. The molecule has 3 aromatic rings. The molecule has 0 aliphatic carbocycles. The van der Waals surface area contributed by atoms with Crippen molar-refractivity contribution in [2.75, 3.05) is 6.54 Å². The highest BCUT2D eigenvalue weighted by Gasteiger charge is 2.16. The number of carbonyl (C=O) groups excluding carboxylic acids is 1. The van der Waals surface area contributed by atoms with Crippen molar-refractivity contribution in [3.63, 3.8) is 0 Å². The zero-order valence-corrected chi connectivity index (χ0v) is 14.1. The van der Waals surface area contributed by atoms with Crippen LogP contribution < -0.4 is 5.32 Å². The largest absolute Gasteiger partial charge is 0.356 e. The molecule has 0 radical (unpaired) electrons. The summed E-state index contributed by atoms with van der Waals surface area (Å²) in [7, 11) is 0. The summed E-state index contributed by atoms with van der Waals surface area (Å²) in [5.41, 5.74) is 3.41. The third kappa shape index (κ3) is 3.10. The van der Waals surface area contributed by atoms with E-state index < -0.39 is 0 Å². The summed E-state index contributed by atoms with van der Waals surface area (Å²) in [6.45, 7) is 6.54. The Morgan fingerprint density at radius 2 is 2.12 bits per heavy atom. The number of aromatic nitrogens is 5. The average Bonchev–Trinajstić information content (AvgIpc) is 3.01. The molecule has 7 nitrogen and oxygen atoms in total. The van der Waals surface area contributed by atoms with Crippen molar-refractivity contribution >= 4 is 11.7 Å². The van der Waals surface area contributed by atoms with E-state index in [9.17, 15) is 4.79 Å². The second-order valence-corrected chi connectivity index (χ2v) is 5.68. The van der Waals surface area contributed by atoms with Crippen LogP contribution >= 0.6 is 0 Å². The van der Waals surface area contributed by atoms with Gasteiger partial charge in [-0.15, -0.1) is 5.10 Å². The molecule has 0 saturated carbocycles. The number of nitrogens with zero attached hydrogens (tertiary/aromatic N) is 5. The van der Waals surface area contributed by atoms with E-state index in [1.807, 2.05) is 32.9 Å². The Morgan fingerprint density at radius 3 is 2.83 bits per heavy atom. The topological polar surface area (TPSA) is 85.1 Å². The minimum Gasteiger partial charge on any atom is -0.356 e. The minimum atomic E-state index is -0.00296. The molecule has 3 aromatic heterocycles. The second kappa shape index (κ2) is 6.74. The molecule has 1 amide bonds. The monoisotopic (exact) mass is 324 g/mol. The molecule has 0 aliphatic heterocycles. The van der Waals surface area contributed by atoms with Gasteiger partial charge in [0.05, 0.1) is 6.42 Å². The van der Waals surface area contributed by atoms with Gasteiger partial charge in [0, 0.05) is 41.5 Å². The zero-order chi connectivity index (χ0) is 17.1. The molecule has 0 saturated heterocycles. The Morgan fingerprint density at radius 1 is 1.29 bits per heavy atom. The van der Waals surface area contributed by atoms with Crippen molar-refractivity contribution in [1.82, 2.24) is 29.9 Å². The van der Waals surface area contributed by atoms with Gasteiger partial charge in [0.2, 0.25) is 5.91 Å². The van der Waals surface area contributed by atoms with Crippen molar-refractivity contribution in [1.29, 1.82) is 0 Å². The van der Waals surface area contributed by atoms with Crippen LogP contribution in [0, 0.1) is 13.8 Å². The fourth-order valence-electron chi connectivity index (χ4n) is 2.57. The van der Waals surface area contributed by atoms with Crippen LogP contribution in [0.3, 0.4) is 0 Å². The van der Waals surface area contributed by atoms with Crippen LogP contribution in [-0.4, -0.2) is 37.0 Å². The Kier molecular flexibility index (Phi) is 4.50. The van der Waals surface area contributed by atoms with Crippen LogP contribution in [0.2, 0.25) is 0 Å². The fraction of sp³-hybridized carbons (Fsp3) is 0.353. The van der Waals surface area contributed by atoms with Crippen LogP contribution in [0.25, 0.3) is 17.2 Å². The lowest BCUT2D eigenvalue weighted by Gasteiger charge is -2.10. The molecule has 3 rings (SSSR count). The number of fused-ring (bicyclic) bond motifs is 1. The van der Waals surface area contributed by atoms with E-state index >= 15 is 0 Å². The van der Waals surface area contributed by atoms with Crippen LogP contribution in [0.1, 0.15) is 30.3 Å². The fourth-order valence-corrected chi connectivity index (χ4v) is 2.57. The Hall–Kier alpha value is -2.83. The molecule has 7 heteroatoms. The molecule has 0 aliphatic rings. The molecule has 0 atom stereocenters. The van der Waals surface area contributed by atoms with E-state index in [2.05, 4.69) is 25.4 Å². The number of hydrogen-bond acceptors (Lipinski definition) is 5. The number of pyridine rings is 1. The molecule has 1 N–H and O–H groups in total. The first-order valence-electron chi connectivity index (χ1n) is 8.00. The predicted molar refractivity (Wildman–Crippen MR) is 90.5 cm³/mol. The molecular formula is C17H20N6O. The van der Waals surface area contributed by atoms with Gasteiger partial charge in [-0.05, 0) is 32.4 Å². The van der Waals surface area contributed by atoms with E-state index in [1.165, 1.54) is 0 Å². The molecule has 0 fully saturated rings. The Bertz CT molecular complexity index is 872. The highest BCUT2D eigenvalue weighted by molar-refractivity contribution is 5.79. The average molecular weight is 324 g/mol. The van der Waals surface area contributed by atoms with Gasteiger partial charge in [0.25, 0.3) is 5.78 Å². The minimum absolute atomic E-state index is 0.00296. The predicted octanol–water partition coefficient (Wildman–Crippen LogP) is 1.87. The van der Waals surface area contributed by atoms with Crippen LogP contribution in [0.15, 0.2) is 24.5 Å². The lowest BCUT2D eigenvalue weighted by Crippen LogP contribution is -2.26. The number of nitrogens with one attached hydrogen (secondary N) is 1. The first-order chi connectivity index (χ1) is 11.6. The van der Waals surface area contributed by atoms with Gasteiger partial charge in [-0.2, -0.15) is 4.98 Å². The number of hydrogen-bond donors (Lipinski definition) is 1. The van der Waals surface area contributed by atoms with Crippen molar-refractivity contribution < 1.29 is 4.79 Å². The zero-order valence-electron chi connectivity index (χ0n) is 14.1. The highest BCUT2D eigenvalue weighted by Crippen LogP contribution is 2.18. The summed E-state index contributed by atoms with van der Waals surface area (Å²) in [6, 6.07) is 3.75. The quantitative estimate of drug-likeness (QED) is 0.774. The summed E-state index contributed by atoms with van der Waals surface area (Å²) in [5, 5.41) is 7.42. The van der Waals surface area contributed by atoms with Crippen LogP contribution in [0.4, 0.5) is 0 Å². The molecule has 0 unspecified atom stereocenters. The van der Waals surface area contributed by atoms with E-state index in [0.29, 0.717) is 24.6 Å². The second-order valence-electron chi connectivity index (χ2n) is 5.68. The number of carbonyl (C=O) groups is 1. The van der Waals surface area contributed by atoms with Gasteiger partial charge in [0.15, 0.2) is 5.82 Å². The molecule has 0 bridgehead atoms. The summed E-state index contributed by atoms with van der Waals surface area (Å²) in [4.78, 5) is 25.1. The van der Waals surface area contributed by atoms with Gasteiger partial charge in [-0.25, -0.2) is 9.50 Å². The Balaban J connectivity index is 1.99. The normalized spacial score (nSPS) is 11.0. The number of amides is 1. The molecular weight excluding hydrogens is 304 g/mol. The molecule has 124 valence electrons. The third-order valence-electron chi connectivity index (χ3n) is 3.88. The van der Waals surface area contributed by atoms with Crippen LogP contribution in [-0.2, 0) is 11.2 Å². The summed E-state index contributed by atoms with van der Waals surface area (Å²) >= 11 is 0. The van der Waals surface area contributed by atoms with Gasteiger partial charge in [0.1, 0.15) is 0 Å². The van der Waals surface area contributed by atoms with Crippen molar-refractivity contribution in [3.05, 3.63) is 41.5 Å². The van der Waals surface area contributed by atoms with E-state index in [0.717, 1.165) is 28.9 Å². The Labute approximate surface area is 140 Å². The maximum atomic E-state index is 12.0. The van der Waals surface area contributed by atoms with Crippen molar-refractivity contribution in [3.8, 4) is 11.4 Å². The van der Waals surface area contributed by atoms with Gasteiger partial charge in [-0.1, -0.05) is 6.92 Å². The first-order valence-corrected chi connectivity index (χ1v) is 8.00. The maximum absolute atomic E-state index is 12.0. The molecule has 24 heavy (non-hydrogen) atoms. The third-order valence-corrected chi connectivity index (χ3v) is 3.88. The molecule has 3 heterocycles. The van der Waals surface area contributed by atoms with Gasteiger partial charge >= 0.3 is 0 Å². The van der Waals surface area contributed by atoms with E-state index in [4.69, 9.17) is 0 Å². The summed E-state index contributed by atoms with van der Waals surface area (Å²) in [5.74, 6) is 1.10. The smallest absolute Gasteiger partial charge is 0.253 e. The van der Waals surface area contributed by atoms with Gasteiger partial charge in [-0.3, -0.25) is 9.78 Å². The van der Waals surface area contributed by atoms with Crippen molar-refractivity contribution in [2.45, 2.75) is 33.6 Å². The maximum Gasteiger partial charge on any atom is 0.253 e. The SMILES string of the molecule is CCCNC(=O)Cc1c(C)nc2nc(-c3cccnc3)nn2c1C. The molecule has 0 spiro atoms. The standard InChI is InChI=1S/C17H20N6O/c1-4-7-19-15(24)9-14-11(2)20-17-21-16(22-23(17)12(14)3)13-6-5-8-18-10-13/h5-6,8,10H,4,7,9H2,1-3H3,(H,19,24). The number of rotatable bonds is 5. The highest BCUT2D eigenvalue weighted by atomic mass is 16.1. The summed E-state index contributed by atoms with van der Waals surface area (Å²) < 4.78 is 1.69. The summed E-state index contributed by atoms with van der Waals surface area (Å²) in [6.07, 6.45) is 4.64. The van der Waals surface area contributed by atoms with E-state index in [-0.39, 0.29) is 5.91 Å². The van der Waals surface area contributed by atoms with Crippen molar-refractivity contribution in [2.24, 2.45) is 0 Å². The molecule has 0 aromatic carbocycles. The number of aryl methyl sites for hydroxylation is 2. The van der Waals surface area contributed by atoms with Crippen LogP contribution in [0.5, 0.6) is 0 Å². The van der Waals surface area contributed by atoms with E-state index in [1.54, 1.807) is 16.9 Å².